The van der Waals surface area contributed by atoms with Gasteiger partial charge in [-0.25, -0.2) is 4.68 Å². The van der Waals surface area contributed by atoms with Gasteiger partial charge in [-0.3, -0.25) is 0 Å². The molecule has 0 fully saturated rings. The van der Waals surface area contributed by atoms with Gasteiger partial charge in [0.2, 0.25) is 0 Å². The lowest BCUT2D eigenvalue weighted by Crippen LogP contribution is -1.95. The van der Waals surface area contributed by atoms with Crippen molar-refractivity contribution in [3.05, 3.63) is 42.2 Å². The summed E-state index contributed by atoms with van der Waals surface area (Å²) < 4.78 is 7.44. The van der Waals surface area contributed by atoms with Crippen molar-refractivity contribution in [2.24, 2.45) is 0 Å². The summed E-state index contributed by atoms with van der Waals surface area (Å²) in [6.45, 7) is 1.98. The first kappa shape index (κ1) is 8.61. The molecular weight excluding hydrogens is 206 g/mol. The van der Waals surface area contributed by atoms with Crippen LogP contribution in [0.5, 0.6) is 0 Å². The zero-order chi connectivity index (χ0) is 10.3. The summed E-state index contributed by atoms with van der Waals surface area (Å²) in [4.78, 5) is 0. The molecule has 0 saturated heterocycles. The molecule has 4 heteroatoms. The Morgan fingerprint density at radius 1 is 1.20 bits per heavy atom. The van der Waals surface area contributed by atoms with Gasteiger partial charge in [-0.05, 0) is 36.7 Å². The minimum Gasteiger partial charge on any atom is -0.221 e. The highest BCUT2D eigenvalue weighted by atomic mass is 32.1. The Bertz CT molecular complexity index is 609. The normalized spacial score (nSPS) is 11.0. The summed E-state index contributed by atoms with van der Waals surface area (Å²) in [6, 6.07) is 10.2. The van der Waals surface area contributed by atoms with Gasteiger partial charge in [-0.15, -0.1) is 0 Å². The van der Waals surface area contributed by atoms with Crippen molar-refractivity contribution in [3.63, 3.8) is 0 Å². The van der Waals surface area contributed by atoms with Crippen LogP contribution in [0.15, 0.2) is 36.5 Å². The van der Waals surface area contributed by atoms with E-state index in [0.29, 0.717) is 0 Å². The van der Waals surface area contributed by atoms with Crippen molar-refractivity contribution < 1.29 is 0 Å². The molecule has 0 saturated carbocycles. The quantitative estimate of drug-likeness (QED) is 0.625. The second-order valence-electron chi connectivity index (χ2n) is 3.40. The summed E-state index contributed by atoms with van der Waals surface area (Å²) in [5.41, 5.74) is 1.01. The Labute approximate surface area is 91.1 Å². The van der Waals surface area contributed by atoms with E-state index in [4.69, 9.17) is 0 Å². The Kier molecular flexibility index (Phi) is 1.82. The monoisotopic (exact) mass is 215 g/mol. The SMILES string of the molecule is Cc1ccn(-c2nsc3ccccc23)n1. The third-order valence-corrected chi connectivity index (χ3v) is 3.11. The molecule has 74 valence electrons. The molecule has 0 aliphatic rings. The summed E-state index contributed by atoms with van der Waals surface area (Å²) in [6.07, 6.45) is 1.94. The summed E-state index contributed by atoms with van der Waals surface area (Å²) in [7, 11) is 0. The zero-order valence-corrected chi connectivity index (χ0v) is 9.03. The molecule has 0 unspecified atom stereocenters. The van der Waals surface area contributed by atoms with Crippen molar-refractivity contribution in [2.45, 2.75) is 6.92 Å². The first-order valence-corrected chi connectivity index (χ1v) is 5.49. The van der Waals surface area contributed by atoms with E-state index in [1.165, 1.54) is 16.2 Å². The third kappa shape index (κ3) is 1.34. The van der Waals surface area contributed by atoms with E-state index >= 15 is 0 Å². The van der Waals surface area contributed by atoms with E-state index < -0.39 is 0 Å². The number of benzene rings is 1. The molecular formula is C11H9N3S. The first-order valence-electron chi connectivity index (χ1n) is 4.72. The summed E-state index contributed by atoms with van der Waals surface area (Å²) in [5.74, 6) is 0.920. The average molecular weight is 215 g/mol. The molecule has 2 heterocycles. The highest BCUT2D eigenvalue weighted by Crippen LogP contribution is 2.24. The molecule has 0 bridgehead atoms. The molecule has 2 aromatic heterocycles. The molecule has 3 nitrogen and oxygen atoms in total. The molecule has 1 aromatic carbocycles. The van der Waals surface area contributed by atoms with Crippen molar-refractivity contribution in [3.8, 4) is 5.82 Å². The van der Waals surface area contributed by atoms with Gasteiger partial charge in [0.1, 0.15) is 0 Å². The van der Waals surface area contributed by atoms with Gasteiger partial charge in [0, 0.05) is 11.6 Å². The maximum Gasteiger partial charge on any atom is 0.174 e. The van der Waals surface area contributed by atoms with Crippen molar-refractivity contribution in [1.82, 2.24) is 14.2 Å². The minimum atomic E-state index is 0.920. The van der Waals surface area contributed by atoms with Crippen LogP contribution in [0.25, 0.3) is 15.9 Å². The maximum absolute atomic E-state index is 4.42. The topological polar surface area (TPSA) is 30.7 Å². The molecule has 0 aliphatic carbocycles. The largest absolute Gasteiger partial charge is 0.221 e. The minimum absolute atomic E-state index is 0.920. The predicted molar refractivity (Wildman–Crippen MR) is 61.5 cm³/mol. The maximum atomic E-state index is 4.42. The van der Waals surface area contributed by atoms with E-state index in [1.54, 1.807) is 0 Å². The van der Waals surface area contributed by atoms with Gasteiger partial charge >= 0.3 is 0 Å². The standard InChI is InChI=1S/C11H9N3S/c1-8-6-7-14(12-8)11-9-4-2-3-5-10(9)15-13-11/h2-7H,1H3. The number of nitrogens with zero attached hydrogens (tertiary/aromatic N) is 3. The molecule has 3 rings (SSSR count). The predicted octanol–water partition coefficient (Wildman–Crippen LogP) is 2.79. The van der Waals surface area contributed by atoms with Gasteiger partial charge in [0.05, 0.1) is 10.4 Å². The second-order valence-corrected chi connectivity index (χ2v) is 4.21. The van der Waals surface area contributed by atoms with E-state index in [0.717, 1.165) is 16.9 Å². The molecule has 0 radical (unpaired) electrons. The first-order chi connectivity index (χ1) is 7.34. The fourth-order valence-corrected chi connectivity index (χ4v) is 2.33. The lowest BCUT2D eigenvalue weighted by atomic mass is 10.3. The lowest BCUT2D eigenvalue weighted by molar-refractivity contribution is 0.851. The Morgan fingerprint density at radius 2 is 2.07 bits per heavy atom. The number of aryl methyl sites for hydroxylation is 1. The molecule has 0 N–H and O–H groups in total. The molecule has 0 spiro atoms. The summed E-state index contributed by atoms with van der Waals surface area (Å²) in [5, 5.41) is 5.52. The van der Waals surface area contributed by atoms with Crippen LogP contribution in [0.1, 0.15) is 5.69 Å². The number of fused-ring (bicyclic) bond motifs is 1. The van der Waals surface area contributed by atoms with Crippen LogP contribution in [0.3, 0.4) is 0 Å². The molecule has 0 amide bonds. The highest BCUT2D eigenvalue weighted by molar-refractivity contribution is 7.13. The van der Waals surface area contributed by atoms with Crippen LogP contribution in [-0.4, -0.2) is 14.2 Å². The van der Waals surface area contributed by atoms with E-state index in [9.17, 15) is 0 Å². The lowest BCUT2D eigenvalue weighted by Gasteiger charge is -1.95. The summed E-state index contributed by atoms with van der Waals surface area (Å²) >= 11 is 1.51. The van der Waals surface area contributed by atoms with Gasteiger partial charge < -0.3 is 0 Å². The fourth-order valence-electron chi connectivity index (χ4n) is 1.57. The number of aromatic nitrogens is 3. The van der Waals surface area contributed by atoms with E-state index in [1.807, 2.05) is 36.0 Å². The van der Waals surface area contributed by atoms with Crippen molar-refractivity contribution in [1.29, 1.82) is 0 Å². The van der Waals surface area contributed by atoms with Gasteiger partial charge in [-0.1, -0.05) is 12.1 Å². The van der Waals surface area contributed by atoms with Crippen LogP contribution in [0, 0.1) is 6.92 Å². The van der Waals surface area contributed by atoms with Crippen LogP contribution >= 0.6 is 11.5 Å². The smallest absolute Gasteiger partial charge is 0.174 e. The fraction of sp³-hybridized carbons (Fsp3) is 0.0909. The molecule has 15 heavy (non-hydrogen) atoms. The van der Waals surface area contributed by atoms with Gasteiger partial charge in [-0.2, -0.15) is 9.47 Å². The Hall–Kier alpha value is -1.68. The van der Waals surface area contributed by atoms with E-state index in [-0.39, 0.29) is 0 Å². The Morgan fingerprint density at radius 3 is 2.87 bits per heavy atom. The van der Waals surface area contributed by atoms with Crippen LogP contribution in [0.2, 0.25) is 0 Å². The van der Waals surface area contributed by atoms with Gasteiger partial charge in [0.25, 0.3) is 0 Å². The second kappa shape index (κ2) is 3.17. The van der Waals surface area contributed by atoms with Crippen LogP contribution in [0.4, 0.5) is 0 Å². The molecule has 0 atom stereocenters. The van der Waals surface area contributed by atoms with Crippen LogP contribution < -0.4 is 0 Å². The van der Waals surface area contributed by atoms with Crippen LogP contribution in [-0.2, 0) is 0 Å². The molecule has 0 aliphatic heterocycles. The van der Waals surface area contributed by atoms with Crippen molar-refractivity contribution in [2.75, 3.05) is 0 Å². The van der Waals surface area contributed by atoms with E-state index in [2.05, 4.69) is 21.6 Å². The highest BCUT2D eigenvalue weighted by Gasteiger charge is 2.07. The number of hydrogen-bond acceptors (Lipinski definition) is 3. The number of rotatable bonds is 1. The van der Waals surface area contributed by atoms with Gasteiger partial charge in [0.15, 0.2) is 5.82 Å². The zero-order valence-electron chi connectivity index (χ0n) is 8.21. The number of hydrogen-bond donors (Lipinski definition) is 0. The third-order valence-electron chi connectivity index (χ3n) is 2.30. The van der Waals surface area contributed by atoms with Crippen molar-refractivity contribution >= 4 is 21.6 Å². The Balaban J connectivity index is 2.27. The average Bonchev–Trinajstić information content (AvgIpc) is 2.83. The molecule has 3 aromatic rings.